The number of nitrogens with two attached hydrogens (primary N) is 1. The lowest BCUT2D eigenvalue weighted by atomic mass is 9.94. The zero-order valence-electron chi connectivity index (χ0n) is 9.56. The zero-order valence-corrected chi connectivity index (χ0v) is 9.56. The molecule has 2 aliphatic rings. The van der Waals surface area contributed by atoms with Crippen LogP contribution in [0.3, 0.4) is 0 Å². The first-order chi connectivity index (χ1) is 7.75. The summed E-state index contributed by atoms with van der Waals surface area (Å²) in [4.78, 5) is 13.5. The van der Waals surface area contributed by atoms with Crippen molar-refractivity contribution in [1.82, 2.24) is 4.90 Å². The largest absolute Gasteiger partial charge is 0.446 e. The summed E-state index contributed by atoms with van der Waals surface area (Å²) in [6.45, 7) is 2.49. The molecule has 1 aliphatic carbocycles. The Morgan fingerprint density at radius 2 is 2.06 bits per heavy atom. The molecule has 0 aromatic heterocycles. The van der Waals surface area contributed by atoms with Gasteiger partial charge in [-0.15, -0.1) is 0 Å². The van der Waals surface area contributed by atoms with Crippen molar-refractivity contribution in [2.75, 3.05) is 26.3 Å². The van der Waals surface area contributed by atoms with Crippen molar-refractivity contribution >= 4 is 6.09 Å². The van der Waals surface area contributed by atoms with Crippen LogP contribution in [0, 0.1) is 0 Å². The topological polar surface area (TPSA) is 64.8 Å². The Labute approximate surface area is 95.9 Å². The first kappa shape index (κ1) is 11.7. The summed E-state index contributed by atoms with van der Waals surface area (Å²) in [5.41, 5.74) is 5.85. The summed E-state index contributed by atoms with van der Waals surface area (Å²) in [7, 11) is 0. The van der Waals surface area contributed by atoms with E-state index in [-0.39, 0.29) is 18.2 Å². The predicted molar refractivity (Wildman–Crippen MR) is 59.1 cm³/mol. The molecule has 1 heterocycles. The summed E-state index contributed by atoms with van der Waals surface area (Å²) in [5, 5.41) is 0. The third-order valence-corrected chi connectivity index (χ3v) is 3.20. The van der Waals surface area contributed by atoms with E-state index in [0.717, 1.165) is 25.7 Å². The molecule has 2 unspecified atom stereocenters. The van der Waals surface area contributed by atoms with Gasteiger partial charge in [0.15, 0.2) is 0 Å². The Hall–Kier alpha value is -0.810. The first-order valence-electron chi connectivity index (χ1n) is 6.04. The van der Waals surface area contributed by atoms with Crippen molar-refractivity contribution in [2.24, 2.45) is 5.73 Å². The maximum absolute atomic E-state index is 11.8. The number of hydrogen-bond acceptors (Lipinski definition) is 4. The molecule has 1 amide bonds. The van der Waals surface area contributed by atoms with Gasteiger partial charge in [0.2, 0.25) is 0 Å². The number of nitrogens with zero attached hydrogens (tertiary/aromatic N) is 1. The molecule has 1 aliphatic heterocycles. The number of rotatable bonds is 1. The van der Waals surface area contributed by atoms with E-state index in [9.17, 15) is 4.79 Å². The van der Waals surface area contributed by atoms with Crippen LogP contribution in [-0.2, 0) is 9.47 Å². The van der Waals surface area contributed by atoms with E-state index in [1.54, 1.807) is 4.90 Å². The molecule has 5 heteroatoms. The van der Waals surface area contributed by atoms with E-state index in [2.05, 4.69) is 0 Å². The molecule has 0 aromatic carbocycles. The first-order valence-corrected chi connectivity index (χ1v) is 6.04. The fourth-order valence-corrected chi connectivity index (χ4v) is 2.25. The molecule has 1 saturated carbocycles. The minimum absolute atomic E-state index is 0.0131. The molecule has 1 saturated heterocycles. The SMILES string of the molecule is NC1CCCC(OC(=O)N2CCOCC2)C1. The molecule has 16 heavy (non-hydrogen) atoms. The number of carbonyl (C=O) groups excluding carboxylic acids is 1. The van der Waals surface area contributed by atoms with Crippen LogP contribution in [0.1, 0.15) is 25.7 Å². The molecule has 0 spiro atoms. The lowest BCUT2D eigenvalue weighted by molar-refractivity contribution is 0.00410. The Morgan fingerprint density at radius 1 is 1.31 bits per heavy atom. The normalized spacial score (nSPS) is 31.2. The highest BCUT2D eigenvalue weighted by atomic mass is 16.6. The van der Waals surface area contributed by atoms with Crippen LogP contribution in [0.25, 0.3) is 0 Å². The molecule has 2 atom stereocenters. The fourth-order valence-electron chi connectivity index (χ4n) is 2.25. The number of morpholine rings is 1. The third kappa shape index (κ3) is 3.09. The maximum Gasteiger partial charge on any atom is 0.410 e. The van der Waals surface area contributed by atoms with Gasteiger partial charge in [-0.25, -0.2) is 4.79 Å². The number of ether oxygens (including phenoxy) is 2. The average molecular weight is 228 g/mol. The standard InChI is InChI=1S/C11H20N2O3/c12-9-2-1-3-10(8-9)16-11(14)13-4-6-15-7-5-13/h9-10H,1-8,12H2. The lowest BCUT2D eigenvalue weighted by Crippen LogP contribution is -2.43. The van der Waals surface area contributed by atoms with E-state index < -0.39 is 0 Å². The second-order valence-corrected chi connectivity index (χ2v) is 4.53. The Kier molecular flexibility index (Phi) is 4.01. The van der Waals surface area contributed by atoms with Gasteiger partial charge in [-0.3, -0.25) is 0 Å². The van der Waals surface area contributed by atoms with Crippen molar-refractivity contribution in [2.45, 2.75) is 37.8 Å². The smallest absolute Gasteiger partial charge is 0.410 e. The van der Waals surface area contributed by atoms with Crippen LogP contribution < -0.4 is 5.73 Å². The van der Waals surface area contributed by atoms with E-state index in [1.165, 1.54) is 0 Å². The molecule has 0 radical (unpaired) electrons. The van der Waals surface area contributed by atoms with Crippen molar-refractivity contribution in [3.05, 3.63) is 0 Å². The van der Waals surface area contributed by atoms with Gasteiger partial charge in [0.05, 0.1) is 13.2 Å². The van der Waals surface area contributed by atoms with Crippen molar-refractivity contribution in [3.63, 3.8) is 0 Å². The summed E-state index contributed by atoms with van der Waals surface area (Å²) in [6, 6.07) is 0.191. The molecule has 2 fully saturated rings. The van der Waals surface area contributed by atoms with Crippen molar-refractivity contribution in [3.8, 4) is 0 Å². The minimum Gasteiger partial charge on any atom is -0.446 e. The fraction of sp³-hybridized carbons (Fsp3) is 0.909. The minimum atomic E-state index is -0.206. The van der Waals surface area contributed by atoms with Gasteiger partial charge in [-0.2, -0.15) is 0 Å². The molecule has 0 bridgehead atoms. The molecule has 92 valence electrons. The van der Waals surface area contributed by atoms with Crippen LogP contribution in [0.15, 0.2) is 0 Å². The van der Waals surface area contributed by atoms with E-state index >= 15 is 0 Å². The monoisotopic (exact) mass is 228 g/mol. The van der Waals surface area contributed by atoms with Crippen LogP contribution in [0.5, 0.6) is 0 Å². The highest BCUT2D eigenvalue weighted by Gasteiger charge is 2.25. The van der Waals surface area contributed by atoms with Crippen molar-refractivity contribution < 1.29 is 14.3 Å². The average Bonchev–Trinajstić information content (AvgIpc) is 2.30. The molecule has 5 nitrogen and oxygen atoms in total. The Balaban J connectivity index is 1.77. The van der Waals surface area contributed by atoms with Gasteiger partial charge < -0.3 is 20.1 Å². The van der Waals surface area contributed by atoms with E-state index in [0.29, 0.717) is 26.3 Å². The van der Waals surface area contributed by atoms with Gasteiger partial charge in [0.1, 0.15) is 6.10 Å². The van der Waals surface area contributed by atoms with Crippen LogP contribution >= 0.6 is 0 Å². The predicted octanol–water partition coefficient (Wildman–Crippen LogP) is 0.725. The number of hydrogen-bond donors (Lipinski definition) is 1. The molecule has 0 aromatic rings. The highest BCUT2D eigenvalue weighted by Crippen LogP contribution is 2.20. The molecular weight excluding hydrogens is 208 g/mol. The summed E-state index contributed by atoms with van der Waals surface area (Å²) in [5.74, 6) is 0. The third-order valence-electron chi connectivity index (χ3n) is 3.20. The van der Waals surface area contributed by atoms with Gasteiger partial charge in [0.25, 0.3) is 0 Å². The van der Waals surface area contributed by atoms with Crippen LogP contribution in [0.4, 0.5) is 4.79 Å². The van der Waals surface area contributed by atoms with Gasteiger partial charge in [-0.1, -0.05) is 0 Å². The lowest BCUT2D eigenvalue weighted by Gasteiger charge is -2.31. The summed E-state index contributed by atoms with van der Waals surface area (Å²) >= 11 is 0. The second-order valence-electron chi connectivity index (χ2n) is 4.53. The van der Waals surface area contributed by atoms with Crippen LogP contribution in [0.2, 0.25) is 0 Å². The zero-order chi connectivity index (χ0) is 11.4. The second kappa shape index (κ2) is 5.50. The Bertz CT molecular complexity index is 241. The quantitative estimate of drug-likeness (QED) is 0.718. The van der Waals surface area contributed by atoms with Gasteiger partial charge in [0, 0.05) is 19.1 Å². The van der Waals surface area contributed by atoms with Gasteiger partial charge in [-0.05, 0) is 25.7 Å². The summed E-state index contributed by atoms with van der Waals surface area (Å²) in [6.07, 6.45) is 3.66. The van der Waals surface area contributed by atoms with E-state index in [1.807, 2.05) is 0 Å². The highest BCUT2D eigenvalue weighted by molar-refractivity contribution is 5.67. The molecular formula is C11H20N2O3. The number of amides is 1. The summed E-state index contributed by atoms with van der Waals surface area (Å²) < 4.78 is 10.6. The van der Waals surface area contributed by atoms with E-state index in [4.69, 9.17) is 15.2 Å². The maximum atomic E-state index is 11.8. The molecule has 2 rings (SSSR count). The number of carbonyl (C=O) groups is 1. The van der Waals surface area contributed by atoms with Gasteiger partial charge >= 0.3 is 6.09 Å². The molecule has 2 N–H and O–H groups in total. The Morgan fingerprint density at radius 3 is 2.75 bits per heavy atom. The van der Waals surface area contributed by atoms with Crippen molar-refractivity contribution in [1.29, 1.82) is 0 Å². The van der Waals surface area contributed by atoms with Crippen LogP contribution in [-0.4, -0.2) is 49.4 Å².